The molecule has 1 aromatic rings. The van der Waals surface area contributed by atoms with Crippen molar-refractivity contribution < 1.29 is 9.21 Å². The molecule has 0 bridgehead atoms. The maximum absolute atomic E-state index is 12.6. The summed E-state index contributed by atoms with van der Waals surface area (Å²) in [5.74, 6) is 1.67. The quantitative estimate of drug-likeness (QED) is 0.764. The van der Waals surface area contributed by atoms with Crippen LogP contribution in [-0.4, -0.2) is 65.4 Å². The smallest absolute Gasteiger partial charge is 0.277 e. The Morgan fingerprint density at radius 2 is 2.17 bits per heavy atom. The van der Waals surface area contributed by atoms with Crippen LogP contribution in [0.15, 0.2) is 9.64 Å². The zero-order chi connectivity index (χ0) is 16.8. The van der Waals surface area contributed by atoms with Gasteiger partial charge in [-0.15, -0.1) is 10.2 Å². The maximum Gasteiger partial charge on any atom is 0.277 e. The number of carbonyl (C=O) groups excluding carboxylic acids is 1. The van der Waals surface area contributed by atoms with Gasteiger partial charge in [0.05, 0.1) is 5.75 Å². The number of carbonyl (C=O) groups is 1. The van der Waals surface area contributed by atoms with Gasteiger partial charge >= 0.3 is 0 Å². The zero-order valence-electron chi connectivity index (χ0n) is 14.6. The molecule has 2 heterocycles. The van der Waals surface area contributed by atoms with E-state index in [-0.39, 0.29) is 11.3 Å². The van der Waals surface area contributed by atoms with Gasteiger partial charge < -0.3 is 14.2 Å². The summed E-state index contributed by atoms with van der Waals surface area (Å²) in [5, 5.41) is 8.20. The number of rotatable bonds is 5. The molecular weight excluding hydrogens is 312 g/mol. The largest absolute Gasteiger partial charge is 0.416 e. The lowest BCUT2D eigenvalue weighted by Gasteiger charge is -2.57. The predicted octanol–water partition coefficient (Wildman–Crippen LogP) is 1.91. The van der Waals surface area contributed by atoms with Crippen molar-refractivity contribution in [2.75, 3.05) is 39.5 Å². The number of nitrogens with zero attached hydrogens (tertiary/aromatic N) is 4. The average molecular weight is 338 g/mol. The summed E-state index contributed by atoms with van der Waals surface area (Å²) in [6.07, 6.45) is 1.20. The fourth-order valence-electron chi connectivity index (χ4n) is 4.71. The van der Waals surface area contributed by atoms with Crippen LogP contribution in [0.3, 0.4) is 0 Å². The van der Waals surface area contributed by atoms with Crippen molar-refractivity contribution in [3.63, 3.8) is 0 Å². The van der Waals surface area contributed by atoms with Crippen LogP contribution in [0.5, 0.6) is 0 Å². The third-order valence-electron chi connectivity index (χ3n) is 5.21. The molecule has 1 amide bonds. The average Bonchev–Trinajstić information content (AvgIpc) is 2.97. The highest BCUT2D eigenvalue weighted by atomic mass is 32.2. The van der Waals surface area contributed by atoms with Crippen LogP contribution in [-0.2, 0) is 4.79 Å². The second kappa shape index (κ2) is 5.77. The van der Waals surface area contributed by atoms with Crippen LogP contribution in [0.1, 0.15) is 26.2 Å². The van der Waals surface area contributed by atoms with E-state index in [1.165, 1.54) is 18.2 Å². The standard InChI is InChI=1S/C16H26N4O2S/c1-11-17-18-14(22-11)23-7-13(21)20-6-12-15(2,3)8-16(12,10-20)9-19(4)5/h12H,6-10H2,1-5H3/t12-,16+/m1/s1. The molecule has 2 fully saturated rings. The number of hydrogen-bond donors (Lipinski definition) is 0. The first-order valence-corrected chi connectivity index (χ1v) is 9.06. The number of thioether (sulfide) groups is 1. The van der Waals surface area contributed by atoms with Gasteiger partial charge in [0.2, 0.25) is 11.8 Å². The van der Waals surface area contributed by atoms with E-state index >= 15 is 0 Å². The van der Waals surface area contributed by atoms with E-state index < -0.39 is 0 Å². The minimum atomic E-state index is 0.175. The lowest BCUT2D eigenvalue weighted by molar-refractivity contribution is -0.127. The molecule has 3 rings (SSSR count). The van der Waals surface area contributed by atoms with Crippen LogP contribution in [0.25, 0.3) is 0 Å². The third kappa shape index (κ3) is 3.13. The van der Waals surface area contributed by atoms with Gasteiger partial charge in [-0.2, -0.15) is 0 Å². The molecule has 2 aliphatic rings. The van der Waals surface area contributed by atoms with E-state index in [4.69, 9.17) is 4.42 Å². The first kappa shape index (κ1) is 16.8. The van der Waals surface area contributed by atoms with Gasteiger partial charge in [-0.05, 0) is 31.8 Å². The van der Waals surface area contributed by atoms with Gasteiger partial charge in [0.25, 0.3) is 5.22 Å². The fraction of sp³-hybridized carbons (Fsp3) is 0.812. The topological polar surface area (TPSA) is 62.5 Å². The summed E-state index contributed by atoms with van der Waals surface area (Å²) in [6, 6.07) is 0. The Labute approximate surface area is 142 Å². The predicted molar refractivity (Wildman–Crippen MR) is 89.2 cm³/mol. The van der Waals surface area contributed by atoms with Gasteiger partial charge in [0, 0.05) is 32.0 Å². The Hall–Kier alpha value is -1.08. The van der Waals surface area contributed by atoms with Gasteiger partial charge in [-0.3, -0.25) is 4.79 Å². The molecule has 0 radical (unpaired) electrons. The molecule has 0 aromatic carbocycles. The lowest BCUT2D eigenvalue weighted by atomic mass is 9.48. The molecule has 0 N–H and O–H groups in total. The summed E-state index contributed by atoms with van der Waals surface area (Å²) >= 11 is 1.33. The van der Waals surface area contributed by atoms with Gasteiger partial charge in [0.1, 0.15) is 0 Å². The Kier molecular flexibility index (Phi) is 4.21. The molecule has 1 aromatic heterocycles. The van der Waals surface area contributed by atoms with E-state index in [1.807, 2.05) is 4.90 Å². The van der Waals surface area contributed by atoms with Crippen molar-refractivity contribution in [3.05, 3.63) is 5.89 Å². The van der Waals surface area contributed by atoms with Crippen LogP contribution in [0.2, 0.25) is 0 Å². The number of amides is 1. The summed E-state index contributed by atoms with van der Waals surface area (Å²) in [6.45, 7) is 9.22. The number of hydrogen-bond acceptors (Lipinski definition) is 6. The molecule has 6 nitrogen and oxygen atoms in total. The van der Waals surface area contributed by atoms with E-state index in [2.05, 4.69) is 43.0 Å². The first-order valence-electron chi connectivity index (χ1n) is 8.07. The van der Waals surface area contributed by atoms with E-state index in [1.54, 1.807) is 6.92 Å². The number of aryl methyl sites for hydroxylation is 1. The minimum absolute atomic E-state index is 0.175. The van der Waals surface area contributed by atoms with Crippen LogP contribution >= 0.6 is 11.8 Å². The fourth-order valence-corrected chi connectivity index (χ4v) is 5.42. The lowest BCUT2D eigenvalue weighted by Crippen LogP contribution is -2.57. The van der Waals surface area contributed by atoms with Gasteiger partial charge in [-0.1, -0.05) is 25.6 Å². The Bertz CT molecular complexity index is 597. The summed E-state index contributed by atoms with van der Waals surface area (Å²) in [4.78, 5) is 16.9. The molecule has 1 aliphatic carbocycles. The van der Waals surface area contributed by atoms with Crippen molar-refractivity contribution in [2.45, 2.75) is 32.4 Å². The molecule has 0 spiro atoms. The highest BCUT2D eigenvalue weighted by Gasteiger charge is 2.63. The molecule has 1 aliphatic heterocycles. The monoisotopic (exact) mass is 338 g/mol. The van der Waals surface area contributed by atoms with E-state index in [0.29, 0.717) is 28.2 Å². The molecule has 1 saturated heterocycles. The zero-order valence-corrected chi connectivity index (χ0v) is 15.4. The van der Waals surface area contributed by atoms with Crippen molar-refractivity contribution in [1.29, 1.82) is 0 Å². The molecular formula is C16H26N4O2S. The Balaban J connectivity index is 1.62. The van der Waals surface area contributed by atoms with E-state index in [0.717, 1.165) is 19.6 Å². The number of likely N-dealkylation sites (tertiary alicyclic amines) is 1. The van der Waals surface area contributed by atoms with E-state index in [9.17, 15) is 4.79 Å². The van der Waals surface area contributed by atoms with Crippen molar-refractivity contribution in [3.8, 4) is 0 Å². The molecule has 23 heavy (non-hydrogen) atoms. The SMILES string of the molecule is Cc1nnc(SCC(=O)N2C[C@@H]3C(C)(C)C[C@]3(CN(C)C)C2)o1. The van der Waals surface area contributed by atoms with Crippen molar-refractivity contribution in [1.82, 2.24) is 20.0 Å². The second-order valence-corrected chi connectivity index (χ2v) is 8.89. The highest BCUT2D eigenvalue weighted by molar-refractivity contribution is 7.99. The third-order valence-corrected chi connectivity index (χ3v) is 6.01. The second-order valence-electron chi connectivity index (χ2n) is 7.97. The molecule has 2 atom stereocenters. The Morgan fingerprint density at radius 3 is 2.74 bits per heavy atom. The summed E-state index contributed by atoms with van der Waals surface area (Å²) in [5.41, 5.74) is 0.607. The highest BCUT2D eigenvalue weighted by Crippen LogP contribution is 2.62. The van der Waals surface area contributed by atoms with Crippen LogP contribution in [0.4, 0.5) is 0 Å². The normalized spacial score (nSPS) is 28.8. The summed E-state index contributed by atoms with van der Waals surface area (Å²) < 4.78 is 5.32. The molecule has 7 heteroatoms. The van der Waals surface area contributed by atoms with Crippen LogP contribution in [0, 0.1) is 23.7 Å². The molecule has 0 unspecified atom stereocenters. The minimum Gasteiger partial charge on any atom is -0.416 e. The van der Waals surface area contributed by atoms with Gasteiger partial charge in [-0.25, -0.2) is 0 Å². The van der Waals surface area contributed by atoms with Crippen molar-refractivity contribution >= 4 is 17.7 Å². The number of fused-ring (bicyclic) bond motifs is 1. The first-order chi connectivity index (χ1) is 10.7. The Morgan fingerprint density at radius 1 is 1.43 bits per heavy atom. The van der Waals surface area contributed by atoms with Crippen LogP contribution < -0.4 is 0 Å². The molecule has 1 saturated carbocycles. The van der Waals surface area contributed by atoms with Crippen molar-refractivity contribution in [2.24, 2.45) is 16.7 Å². The molecule has 128 valence electrons. The number of aromatic nitrogens is 2. The summed E-state index contributed by atoms with van der Waals surface area (Å²) in [7, 11) is 4.24. The maximum atomic E-state index is 12.6. The van der Waals surface area contributed by atoms with Gasteiger partial charge in [0.15, 0.2) is 0 Å².